The average molecular weight is 334 g/mol. The number of nitrogens with two attached hydrogens (primary N) is 1. The quantitative estimate of drug-likeness (QED) is 0.811. The largest absolute Gasteiger partial charge is 0.419 e. The summed E-state index contributed by atoms with van der Waals surface area (Å²) in [5, 5.41) is 3.14. The van der Waals surface area contributed by atoms with Crippen LogP contribution in [-0.4, -0.2) is 31.7 Å². The Hall–Kier alpha value is -1.67. The minimum absolute atomic E-state index is 0.127. The Morgan fingerprint density at radius 2 is 2.00 bits per heavy atom. The molecule has 23 heavy (non-hydrogen) atoms. The van der Waals surface area contributed by atoms with E-state index in [9.17, 15) is 22.4 Å². The van der Waals surface area contributed by atoms with Gasteiger partial charge in [-0.1, -0.05) is 6.07 Å². The summed E-state index contributed by atoms with van der Waals surface area (Å²) in [6, 6.07) is 2.59. The third-order valence-corrected chi connectivity index (χ3v) is 3.88. The van der Waals surface area contributed by atoms with E-state index in [2.05, 4.69) is 5.32 Å². The van der Waals surface area contributed by atoms with Crippen LogP contribution in [0.25, 0.3) is 0 Å². The lowest BCUT2D eigenvalue weighted by Crippen LogP contribution is -2.40. The first-order valence-electron chi connectivity index (χ1n) is 7.26. The molecule has 4 nitrogen and oxygen atoms in total. The molecule has 1 aromatic rings. The van der Waals surface area contributed by atoms with Crippen LogP contribution in [0, 0.1) is 5.82 Å². The number of amides is 1. The Bertz CT molecular complexity index is 557. The monoisotopic (exact) mass is 334 g/mol. The van der Waals surface area contributed by atoms with Crippen molar-refractivity contribution in [3.8, 4) is 0 Å². The second-order valence-corrected chi connectivity index (χ2v) is 5.49. The van der Waals surface area contributed by atoms with Crippen LogP contribution in [-0.2, 0) is 15.7 Å². The van der Waals surface area contributed by atoms with E-state index in [-0.39, 0.29) is 18.2 Å². The topological polar surface area (TPSA) is 64.4 Å². The number of hydrogen-bond acceptors (Lipinski definition) is 3. The predicted octanol–water partition coefficient (Wildman–Crippen LogP) is 2.18. The Morgan fingerprint density at radius 3 is 2.52 bits per heavy atom. The molecule has 8 heteroatoms. The van der Waals surface area contributed by atoms with Gasteiger partial charge in [0.15, 0.2) is 0 Å². The maximum atomic E-state index is 13.7. The van der Waals surface area contributed by atoms with E-state index in [1.165, 1.54) is 0 Å². The Labute approximate surface area is 131 Å². The molecular weight excluding hydrogens is 316 g/mol. The standard InChI is InChI=1S/C15H18F4N2O2/c16-13-7-9(1-2-12(13)15(17,18)19)11(14(20)22)8-21-10-3-5-23-6-4-10/h1-2,7,10-11,21H,3-6,8H2,(H2,20,22)/t11-/m1/s1. The van der Waals surface area contributed by atoms with Gasteiger partial charge in [0.25, 0.3) is 0 Å². The molecule has 1 aromatic carbocycles. The first-order valence-corrected chi connectivity index (χ1v) is 7.26. The molecule has 1 fully saturated rings. The highest BCUT2D eigenvalue weighted by atomic mass is 19.4. The maximum absolute atomic E-state index is 13.7. The maximum Gasteiger partial charge on any atom is 0.419 e. The van der Waals surface area contributed by atoms with Crippen LogP contribution < -0.4 is 11.1 Å². The number of rotatable bonds is 5. The summed E-state index contributed by atoms with van der Waals surface area (Å²) in [5.74, 6) is -3.02. The zero-order chi connectivity index (χ0) is 17.0. The number of nitrogens with one attached hydrogen (secondary N) is 1. The lowest BCUT2D eigenvalue weighted by molar-refractivity contribution is -0.140. The van der Waals surface area contributed by atoms with Crippen LogP contribution in [0.15, 0.2) is 18.2 Å². The molecule has 1 aliphatic heterocycles. The van der Waals surface area contributed by atoms with Crippen molar-refractivity contribution in [1.29, 1.82) is 0 Å². The number of carbonyl (C=O) groups excluding carboxylic acids is 1. The van der Waals surface area contributed by atoms with E-state index >= 15 is 0 Å². The number of benzene rings is 1. The second-order valence-electron chi connectivity index (χ2n) is 5.49. The van der Waals surface area contributed by atoms with Crippen molar-refractivity contribution < 1.29 is 27.1 Å². The molecule has 3 N–H and O–H groups in total. The fraction of sp³-hybridized carbons (Fsp3) is 0.533. The summed E-state index contributed by atoms with van der Waals surface area (Å²) in [6.45, 7) is 1.35. The minimum Gasteiger partial charge on any atom is -0.381 e. The van der Waals surface area contributed by atoms with Gasteiger partial charge in [0.2, 0.25) is 5.91 Å². The smallest absolute Gasteiger partial charge is 0.381 e. The Morgan fingerprint density at radius 1 is 1.35 bits per heavy atom. The summed E-state index contributed by atoms with van der Waals surface area (Å²) < 4.78 is 56.6. The van der Waals surface area contributed by atoms with Gasteiger partial charge in [-0.3, -0.25) is 4.79 Å². The second kappa shape index (κ2) is 7.27. The first-order chi connectivity index (χ1) is 10.8. The van der Waals surface area contributed by atoms with Crippen LogP contribution in [0.1, 0.15) is 29.9 Å². The van der Waals surface area contributed by atoms with Gasteiger partial charge in [-0.05, 0) is 30.5 Å². The van der Waals surface area contributed by atoms with Gasteiger partial charge in [0, 0.05) is 25.8 Å². The highest BCUT2D eigenvalue weighted by Crippen LogP contribution is 2.32. The van der Waals surface area contributed by atoms with Crippen molar-refractivity contribution in [3.63, 3.8) is 0 Å². The first kappa shape index (κ1) is 17.7. The van der Waals surface area contributed by atoms with Crippen molar-refractivity contribution in [1.82, 2.24) is 5.32 Å². The number of ether oxygens (including phenoxy) is 1. The number of carbonyl (C=O) groups is 1. The van der Waals surface area contributed by atoms with Gasteiger partial charge in [-0.2, -0.15) is 13.2 Å². The molecule has 1 atom stereocenters. The van der Waals surface area contributed by atoms with Crippen LogP contribution >= 0.6 is 0 Å². The molecule has 128 valence electrons. The summed E-state index contributed by atoms with van der Waals surface area (Å²) in [6.07, 6.45) is -3.23. The highest BCUT2D eigenvalue weighted by molar-refractivity contribution is 5.82. The summed E-state index contributed by atoms with van der Waals surface area (Å²) in [5.41, 5.74) is 4.08. The Balaban J connectivity index is 2.11. The van der Waals surface area contributed by atoms with E-state index in [1.54, 1.807) is 0 Å². The van der Waals surface area contributed by atoms with E-state index in [4.69, 9.17) is 10.5 Å². The molecule has 1 amide bonds. The van der Waals surface area contributed by atoms with E-state index < -0.39 is 29.4 Å². The van der Waals surface area contributed by atoms with Crippen molar-refractivity contribution in [2.45, 2.75) is 31.0 Å². The van der Waals surface area contributed by atoms with Crippen LogP contribution in [0.2, 0.25) is 0 Å². The van der Waals surface area contributed by atoms with Crippen LogP contribution in [0.5, 0.6) is 0 Å². The molecule has 1 saturated heterocycles. The third-order valence-electron chi connectivity index (χ3n) is 3.88. The number of primary amides is 1. The molecular formula is C15H18F4N2O2. The third kappa shape index (κ3) is 4.65. The van der Waals surface area contributed by atoms with Gasteiger partial charge in [-0.15, -0.1) is 0 Å². The van der Waals surface area contributed by atoms with E-state index in [0.717, 1.165) is 25.0 Å². The molecule has 0 saturated carbocycles. The normalized spacial score (nSPS) is 17.9. The number of hydrogen-bond donors (Lipinski definition) is 2. The summed E-state index contributed by atoms with van der Waals surface area (Å²) in [4.78, 5) is 11.6. The molecule has 0 spiro atoms. The van der Waals surface area contributed by atoms with Gasteiger partial charge < -0.3 is 15.8 Å². The fourth-order valence-corrected chi connectivity index (χ4v) is 2.55. The number of halogens is 4. The zero-order valence-electron chi connectivity index (χ0n) is 12.3. The molecule has 1 aliphatic rings. The SMILES string of the molecule is NC(=O)[C@H](CNC1CCOCC1)c1ccc(C(F)(F)F)c(F)c1. The van der Waals surface area contributed by atoms with Gasteiger partial charge in [-0.25, -0.2) is 4.39 Å². The minimum atomic E-state index is -4.77. The Kier molecular flexibility index (Phi) is 5.59. The lowest BCUT2D eigenvalue weighted by atomic mass is 9.96. The fourth-order valence-electron chi connectivity index (χ4n) is 2.55. The van der Waals surface area contributed by atoms with Crippen molar-refractivity contribution >= 4 is 5.91 Å². The predicted molar refractivity (Wildman–Crippen MR) is 75.2 cm³/mol. The molecule has 0 bridgehead atoms. The molecule has 2 rings (SSSR count). The molecule has 0 radical (unpaired) electrons. The van der Waals surface area contributed by atoms with Crippen LogP contribution in [0.4, 0.5) is 17.6 Å². The van der Waals surface area contributed by atoms with E-state index in [0.29, 0.717) is 19.3 Å². The number of alkyl halides is 3. The van der Waals surface area contributed by atoms with Gasteiger partial charge in [0.1, 0.15) is 5.82 Å². The molecule has 1 heterocycles. The molecule has 0 unspecified atom stereocenters. The van der Waals surface area contributed by atoms with Crippen molar-refractivity contribution in [2.75, 3.05) is 19.8 Å². The van der Waals surface area contributed by atoms with Crippen LogP contribution in [0.3, 0.4) is 0 Å². The van der Waals surface area contributed by atoms with Gasteiger partial charge in [0.05, 0.1) is 11.5 Å². The van der Waals surface area contributed by atoms with E-state index in [1.807, 2.05) is 0 Å². The molecule has 0 aliphatic carbocycles. The van der Waals surface area contributed by atoms with Gasteiger partial charge >= 0.3 is 6.18 Å². The molecule has 0 aromatic heterocycles. The average Bonchev–Trinajstić information content (AvgIpc) is 2.47. The summed E-state index contributed by atoms with van der Waals surface area (Å²) >= 11 is 0. The summed E-state index contributed by atoms with van der Waals surface area (Å²) in [7, 11) is 0. The lowest BCUT2D eigenvalue weighted by Gasteiger charge is -2.25. The zero-order valence-corrected chi connectivity index (χ0v) is 12.3. The van der Waals surface area contributed by atoms with Crippen molar-refractivity contribution in [3.05, 3.63) is 35.1 Å². The van der Waals surface area contributed by atoms with Crippen molar-refractivity contribution in [2.24, 2.45) is 5.73 Å². The highest BCUT2D eigenvalue weighted by Gasteiger charge is 2.34.